The Morgan fingerprint density at radius 3 is 3.06 bits per heavy atom. The molecule has 0 saturated carbocycles. The molecule has 0 aliphatic rings. The van der Waals surface area contributed by atoms with Crippen molar-refractivity contribution in [3.63, 3.8) is 0 Å². The van der Waals surface area contributed by atoms with Crippen LogP contribution in [0.4, 0.5) is 5.82 Å². The van der Waals surface area contributed by atoms with Crippen molar-refractivity contribution < 1.29 is 4.74 Å². The molecule has 0 radical (unpaired) electrons. The number of nitrogens with two attached hydrogens (primary N) is 1. The lowest BCUT2D eigenvalue weighted by Gasteiger charge is -2.06. The maximum atomic E-state index is 5.54. The molecule has 0 aliphatic carbocycles. The number of hydrazine groups is 1. The van der Waals surface area contributed by atoms with Crippen molar-refractivity contribution in [1.29, 1.82) is 0 Å². The molecule has 2 heterocycles. The highest BCUT2D eigenvalue weighted by Crippen LogP contribution is 2.16. The van der Waals surface area contributed by atoms with Crippen LogP contribution < -0.4 is 16.0 Å². The number of hydrogen-bond acceptors (Lipinski definition) is 6. The molecular weight excluding hydrogens is 224 g/mol. The Labute approximate surface area is 97.3 Å². The van der Waals surface area contributed by atoms with Crippen LogP contribution >= 0.6 is 11.3 Å². The number of thiophene rings is 1. The number of aromatic nitrogens is 2. The largest absolute Gasteiger partial charge is 0.472 e. The molecule has 0 spiro atoms. The number of nitrogens with one attached hydrogen (secondary N) is 1. The summed E-state index contributed by atoms with van der Waals surface area (Å²) in [5, 5.41) is 2.01. The molecule has 84 valence electrons. The van der Waals surface area contributed by atoms with Crippen LogP contribution in [0.3, 0.4) is 0 Å². The zero-order chi connectivity index (χ0) is 11.4. The molecule has 2 rings (SSSR count). The molecule has 0 bridgehead atoms. The standard InChI is InChI=1S/C10H12N4OS/c1-7-12-9(14-11)5-10(13-7)15-6-8-3-2-4-16-8/h2-5H,6,11H2,1H3,(H,12,13,14). The zero-order valence-electron chi connectivity index (χ0n) is 8.80. The predicted molar refractivity (Wildman–Crippen MR) is 63.2 cm³/mol. The van der Waals surface area contributed by atoms with E-state index in [0.717, 1.165) is 4.88 Å². The first kappa shape index (κ1) is 10.8. The number of ether oxygens (including phenoxy) is 1. The number of aryl methyl sites for hydroxylation is 1. The Morgan fingerprint density at radius 2 is 2.38 bits per heavy atom. The minimum Gasteiger partial charge on any atom is -0.472 e. The minimum atomic E-state index is 0.512. The number of nitrogen functional groups attached to an aromatic ring is 1. The van der Waals surface area contributed by atoms with E-state index in [-0.39, 0.29) is 0 Å². The van der Waals surface area contributed by atoms with Gasteiger partial charge >= 0.3 is 0 Å². The Bertz CT molecular complexity index is 458. The molecule has 0 saturated heterocycles. The normalized spacial score (nSPS) is 10.1. The average Bonchev–Trinajstić information content (AvgIpc) is 2.78. The van der Waals surface area contributed by atoms with Crippen LogP contribution in [0.2, 0.25) is 0 Å². The fraction of sp³-hybridized carbons (Fsp3) is 0.200. The predicted octanol–water partition coefficient (Wildman–Crippen LogP) is 1.71. The van der Waals surface area contributed by atoms with Gasteiger partial charge < -0.3 is 10.2 Å². The van der Waals surface area contributed by atoms with Gasteiger partial charge in [-0.05, 0) is 18.4 Å². The molecule has 0 fully saturated rings. The summed E-state index contributed by atoms with van der Waals surface area (Å²) in [6.07, 6.45) is 0. The van der Waals surface area contributed by atoms with Gasteiger partial charge in [0.1, 0.15) is 18.2 Å². The topological polar surface area (TPSA) is 73.1 Å². The van der Waals surface area contributed by atoms with Crippen LogP contribution in [0.5, 0.6) is 5.88 Å². The van der Waals surface area contributed by atoms with Crippen LogP contribution in [0.1, 0.15) is 10.7 Å². The van der Waals surface area contributed by atoms with Crippen LogP contribution in [0.25, 0.3) is 0 Å². The molecule has 2 aromatic heterocycles. The SMILES string of the molecule is Cc1nc(NN)cc(OCc2cccs2)n1. The quantitative estimate of drug-likeness (QED) is 0.624. The van der Waals surface area contributed by atoms with Crippen molar-refractivity contribution in [2.45, 2.75) is 13.5 Å². The molecule has 6 heteroatoms. The first-order valence-electron chi connectivity index (χ1n) is 4.75. The van der Waals surface area contributed by atoms with Crippen molar-refractivity contribution >= 4 is 17.2 Å². The Hall–Kier alpha value is -1.66. The molecule has 0 amide bonds. The Kier molecular flexibility index (Phi) is 3.33. The molecule has 0 aliphatic heterocycles. The van der Waals surface area contributed by atoms with E-state index in [4.69, 9.17) is 10.6 Å². The number of nitrogens with zero attached hydrogens (tertiary/aromatic N) is 2. The lowest BCUT2D eigenvalue weighted by Crippen LogP contribution is -2.10. The molecule has 0 unspecified atom stereocenters. The molecule has 3 N–H and O–H groups in total. The van der Waals surface area contributed by atoms with Crippen molar-refractivity contribution in [3.05, 3.63) is 34.3 Å². The fourth-order valence-corrected chi connectivity index (χ4v) is 1.84. The lowest BCUT2D eigenvalue weighted by atomic mass is 10.5. The monoisotopic (exact) mass is 236 g/mol. The Balaban J connectivity index is 2.06. The Morgan fingerprint density at radius 1 is 1.50 bits per heavy atom. The van der Waals surface area contributed by atoms with Gasteiger partial charge in [-0.1, -0.05) is 6.07 Å². The van der Waals surface area contributed by atoms with Crippen molar-refractivity contribution in [2.75, 3.05) is 5.43 Å². The van der Waals surface area contributed by atoms with E-state index >= 15 is 0 Å². The third kappa shape index (κ3) is 2.68. The summed E-state index contributed by atoms with van der Waals surface area (Å²) in [4.78, 5) is 9.38. The van der Waals surface area contributed by atoms with Gasteiger partial charge in [-0.2, -0.15) is 4.98 Å². The van der Waals surface area contributed by atoms with E-state index in [0.29, 0.717) is 24.1 Å². The average molecular weight is 236 g/mol. The van der Waals surface area contributed by atoms with Gasteiger partial charge in [-0.15, -0.1) is 11.3 Å². The van der Waals surface area contributed by atoms with Gasteiger partial charge in [-0.3, -0.25) is 0 Å². The maximum Gasteiger partial charge on any atom is 0.219 e. The molecule has 16 heavy (non-hydrogen) atoms. The zero-order valence-corrected chi connectivity index (χ0v) is 9.62. The molecular formula is C10H12N4OS. The first-order chi connectivity index (χ1) is 7.78. The van der Waals surface area contributed by atoms with Crippen LogP contribution in [-0.2, 0) is 6.61 Å². The highest BCUT2D eigenvalue weighted by molar-refractivity contribution is 7.09. The second-order valence-electron chi connectivity index (χ2n) is 3.15. The van der Waals surface area contributed by atoms with E-state index in [1.54, 1.807) is 24.3 Å². The third-order valence-electron chi connectivity index (χ3n) is 1.90. The summed E-state index contributed by atoms with van der Waals surface area (Å²) in [6.45, 7) is 2.30. The van der Waals surface area contributed by atoms with E-state index in [9.17, 15) is 0 Å². The number of anilines is 1. The molecule has 5 nitrogen and oxygen atoms in total. The summed E-state index contributed by atoms with van der Waals surface area (Å²) >= 11 is 1.65. The smallest absolute Gasteiger partial charge is 0.219 e. The van der Waals surface area contributed by atoms with E-state index in [1.165, 1.54) is 0 Å². The lowest BCUT2D eigenvalue weighted by molar-refractivity contribution is 0.296. The molecule has 2 aromatic rings. The van der Waals surface area contributed by atoms with Crippen LogP contribution in [0.15, 0.2) is 23.6 Å². The second-order valence-corrected chi connectivity index (χ2v) is 4.18. The van der Waals surface area contributed by atoms with Gasteiger partial charge in [0.05, 0.1) is 0 Å². The number of hydrogen-bond donors (Lipinski definition) is 2. The van der Waals surface area contributed by atoms with Crippen molar-refractivity contribution in [3.8, 4) is 5.88 Å². The van der Waals surface area contributed by atoms with E-state index in [1.807, 2.05) is 17.5 Å². The van der Waals surface area contributed by atoms with Crippen molar-refractivity contribution in [2.24, 2.45) is 5.84 Å². The summed E-state index contributed by atoms with van der Waals surface area (Å²) in [5.41, 5.74) is 2.47. The van der Waals surface area contributed by atoms with E-state index in [2.05, 4.69) is 15.4 Å². The van der Waals surface area contributed by atoms with Gasteiger partial charge in [0.15, 0.2) is 0 Å². The van der Waals surface area contributed by atoms with Crippen LogP contribution in [-0.4, -0.2) is 9.97 Å². The minimum absolute atomic E-state index is 0.512. The first-order valence-corrected chi connectivity index (χ1v) is 5.63. The highest BCUT2D eigenvalue weighted by atomic mass is 32.1. The summed E-state index contributed by atoms with van der Waals surface area (Å²) in [7, 11) is 0. The second kappa shape index (κ2) is 4.91. The maximum absolute atomic E-state index is 5.54. The fourth-order valence-electron chi connectivity index (χ4n) is 1.23. The summed E-state index contributed by atoms with van der Waals surface area (Å²) < 4.78 is 5.54. The molecule has 0 aromatic carbocycles. The molecule has 0 atom stereocenters. The van der Waals surface area contributed by atoms with Gasteiger partial charge in [0, 0.05) is 10.9 Å². The third-order valence-corrected chi connectivity index (χ3v) is 2.75. The van der Waals surface area contributed by atoms with Crippen LogP contribution in [0, 0.1) is 6.92 Å². The summed E-state index contributed by atoms with van der Waals surface area (Å²) in [6, 6.07) is 5.67. The highest BCUT2D eigenvalue weighted by Gasteiger charge is 2.02. The van der Waals surface area contributed by atoms with Crippen molar-refractivity contribution in [1.82, 2.24) is 9.97 Å². The summed E-state index contributed by atoms with van der Waals surface area (Å²) in [5.74, 6) is 6.98. The number of rotatable bonds is 4. The van der Waals surface area contributed by atoms with Gasteiger partial charge in [0.2, 0.25) is 5.88 Å². The van der Waals surface area contributed by atoms with Gasteiger partial charge in [-0.25, -0.2) is 10.8 Å². The van der Waals surface area contributed by atoms with E-state index < -0.39 is 0 Å². The van der Waals surface area contributed by atoms with Gasteiger partial charge in [0.25, 0.3) is 0 Å².